The highest BCUT2D eigenvalue weighted by molar-refractivity contribution is 6.00. The van der Waals surface area contributed by atoms with Crippen LogP contribution in [0.4, 0.5) is 10.1 Å². The molecule has 1 atom stereocenters. The number of anilines is 1. The molecule has 0 fully saturated rings. The number of hydrogen-bond acceptors (Lipinski definition) is 2. The van der Waals surface area contributed by atoms with Gasteiger partial charge in [0.25, 0.3) is 0 Å². The molecule has 2 rings (SSSR count). The van der Waals surface area contributed by atoms with E-state index in [4.69, 9.17) is 5.11 Å². The Hall–Kier alpha value is -2.17. The molecule has 4 nitrogen and oxygen atoms in total. The molecule has 2 N–H and O–H groups in total. The monoisotopic (exact) mass is 263 g/mol. The average molecular weight is 263 g/mol. The summed E-state index contributed by atoms with van der Waals surface area (Å²) in [4.78, 5) is 22.8. The summed E-state index contributed by atoms with van der Waals surface area (Å²) in [5.74, 6) is -2.37. The Kier molecular flexibility index (Phi) is 3.94. The van der Waals surface area contributed by atoms with Crippen LogP contribution in [0.2, 0.25) is 0 Å². The van der Waals surface area contributed by atoms with Gasteiger partial charge in [0.2, 0.25) is 5.91 Å². The molecule has 0 bridgehead atoms. The largest absolute Gasteiger partial charge is 0.478 e. The zero-order valence-corrected chi connectivity index (χ0v) is 10.2. The van der Waals surface area contributed by atoms with Gasteiger partial charge in [-0.3, -0.25) is 4.79 Å². The molecule has 1 aromatic rings. The van der Waals surface area contributed by atoms with Crippen LogP contribution in [0, 0.1) is 11.7 Å². The van der Waals surface area contributed by atoms with Gasteiger partial charge in [0.1, 0.15) is 11.4 Å². The van der Waals surface area contributed by atoms with Crippen LogP contribution in [-0.2, 0) is 4.79 Å². The second kappa shape index (κ2) is 5.65. The molecule has 1 aliphatic rings. The van der Waals surface area contributed by atoms with Gasteiger partial charge in [-0.1, -0.05) is 18.2 Å². The summed E-state index contributed by atoms with van der Waals surface area (Å²) in [5.41, 5.74) is -0.503. The molecule has 0 saturated heterocycles. The lowest BCUT2D eigenvalue weighted by molar-refractivity contribution is -0.116. The van der Waals surface area contributed by atoms with Gasteiger partial charge in [-0.25, -0.2) is 9.18 Å². The molecule has 100 valence electrons. The Morgan fingerprint density at radius 3 is 2.84 bits per heavy atom. The highest BCUT2D eigenvalue weighted by Gasteiger charge is 2.19. The van der Waals surface area contributed by atoms with Gasteiger partial charge >= 0.3 is 5.97 Å². The Labute approximate surface area is 109 Å². The number of carbonyl (C=O) groups is 2. The first-order chi connectivity index (χ1) is 9.08. The van der Waals surface area contributed by atoms with Crippen LogP contribution in [-0.4, -0.2) is 17.0 Å². The van der Waals surface area contributed by atoms with Gasteiger partial charge in [0.05, 0.1) is 5.69 Å². The summed E-state index contributed by atoms with van der Waals surface area (Å²) in [5, 5.41) is 11.4. The van der Waals surface area contributed by atoms with Crippen LogP contribution in [0.25, 0.3) is 0 Å². The smallest absolute Gasteiger partial charge is 0.340 e. The maximum absolute atomic E-state index is 13.4. The van der Waals surface area contributed by atoms with E-state index in [0.29, 0.717) is 0 Å². The van der Waals surface area contributed by atoms with E-state index in [1.165, 1.54) is 12.1 Å². The Morgan fingerprint density at radius 2 is 2.21 bits per heavy atom. The minimum Gasteiger partial charge on any atom is -0.478 e. The first kappa shape index (κ1) is 13.3. The third kappa shape index (κ3) is 3.19. The van der Waals surface area contributed by atoms with Gasteiger partial charge in [-0.2, -0.15) is 0 Å². The Morgan fingerprint density at radius 1 is 1.42 bits per heavy atom. The van der Waals surface area contributed by atoms with E-state index >= 15 is 0 Å². The lowest BCUT2D eigenvalue weighted by Crippen LogP contribution is -2.17. The second-order valence-electron chi connectivity index (χ2n) is 4.49. The number of benzene rings is 1. The third-order valence-corrected chi connectivity index (χ3v) is 3.06. The molecule has 1 amide bonds. The predicted molar refractivity (Wildman–Crippen MR) is 68.5 cm³/mol. The Bertz CT molecular complexity index is 539. The molecular weight excluding hydrogens is 249 g/mol. The molecular formula is C14H14FNO3. The van der Waals surface area contributed by atoms with E-state index in [1.54, 1.807) is 0 Å². The number of rotatable bonds is 4. The molecule has 0 radical (unpaired) electrons. The molecule has 1 aliphatic carbocycles. The van der Waals surface area contributed by atoms with Gasteiger partial charge in [0, 0.05) is 6.42 Å². The van der Waals surface area contributed by atoms with Crippen LogP contribution in [0.5, 0.6) is 0 Å². The number of carboxylic acids is 1. The zero-order chi connectivity index (χ0) is 13.8. The zero-order valence-electron chi connectivity index (χ0n) is 10.2. The number of aromatic carboxylic acids is 1. The van der Waals surface area contributed by atoms with Crippen molar-refractivity contribution < 1.29 is 19.1 Å². The fourth-order valence-corrected chi connectivity index (χ4v) is 2.15. The molecule has 0 spiro atoms. The topological polar surface area (TPSA) is 66.4 Å². The highest BCUT2D eigenvalue weighted by Crippen LogP contribution is 2.23. The van der Waals surface area contributed by atoms with Crippen LogP contribution in [0.15, 0.2) is 30.4 Å². The van der Waals surface area contributed by atoms with Crippen LogP contribution < -0.4 is 5.32 Å². The van der Waals surface area contributed by atoms with Crippen molar-refractivity contribution in [3.05, 3.63) is 41.7 Å². The lowest BCUT2D eigenvalue weighted by atomic mass is 10.0. The summed E-state index contributed by atoms with van der Waals surface area (Å²) in [6, 6.07) is 3.81. The van der Waals surface area contributed by atoms with E-state index in [2.05, 4.69) is 5.32 Å². The normalized spacial score (nSPS) is 17.4. The quantitative estimate of drug-likeness (QED) is 0.821. The SMILES string of the molecule is O=C(CC1C=CCC1)Nc1cccc(F)c1C(=O)O. The van der Waals surface area contributed by atoms with Crippen LogP contribution in [0.1, 0.15) is 29.6 Å². The molecule has 0 saturated carbocycles. The van der Waals surface area contributed by atoms with E-state index in [0.717, 1.165) is 18.9 Å². The molecule has 1 aromatic carbocycles. The summed E-state index contributed by atoms with van der Waals surface area (Å²) < 4.78 is 13.4. The average Bonchev–Trinajstić information content (AvgIpc) is 2.81. The second-order valence-corrected chi connectivity index (χ2v) is 4.49. The van der Waals surface area contributed by atoms with Crippen LogP contribution >= 0.6 is 0 Å². The fraction of sp³-hybridized carbons (Fsp3) is 0.286. The first-order valence-corrected chi connectivity index (χ1v) is 6.06. The standard InChI is InChI=1S/C14H14FNO3/c15-10-6-3-7-11(13(10)14(18)19)16-12(17)8-9-4-1-2-5-9/h1,3-4,6-7,9H,2,5,8H2,(H,16,17)(H,18,19). The van der Waals surface area contributed by atoms with Gasteiger partial charge in [-0.05, 0) is 30.9 Å². The maximum Gasteiger partial charge on any atom is 0.340 e. The lowest BCUT2D eigenvalue weighted by Gasteiger charge is -2.11. The molecule has 1 unspecified atom stereocenters. The molecule has 0 aliphatic heterocycles. The van der Waals surface area contributed by atoms with Crippen molar-refractivity contribution in [2.45, 2.75) is 19.3 Å². The number of nitrogens with one attached hydrogen (secondary N) is 1. The summed E-state index contributed by atoms with van der Waals surface area (Å²) >= 11 is 0. The minimum absolute atomic E-state index is 0.000485. The van der Waals surface area contributed by atoms with Crippen molar-refractivity contribution in [3.63, 3.8) is 0 Å². The summed E-state index contributed by atoms with van der Waals surface area (Å²) in [7, 11) is 0. The minimum atomic E-state index is -1.39. The van der Waals surface area contributed by atoms with E-state index in [-0.39, 0.29) is 23.9 Å². The van der Waals surface area contributed by atoms with Crippen molar-refractivity contribution in [2.75, 3.05) is 5.32 Å². The van der Waals surface area contributed by atoms with Crippen molar-refractivity contribution in [1.29, 1.82) is 0 Å². The number of halogens is 1. The van der Waals surface area contributed by atoms with E-state index < -0.39 is 17.3 Å². The first-order valence-electron chi connectivity index (χ1n) is 6.06. The van der Waals surface area contributed by atoms with Crippen molar-refractivity contribution in [2.24, 2.45) is 5.92 Å². The van der Waals surface area contributed by atoms with Gasteiger partial charge < -0.3 is 10.4 Å². The van der Waals surface area contributed by atoms with Crippen LogP contribution in [0.3, 0.4) is 0 Å². The fourth-order valence-electron chi connectivity index (χ4n) is 2.15. The molecule has 19 heavy (non-hydrogen) atoms. The Balaban J connectivity index is 2.10. The third-order valence-electron chi connectivity index (χ3n) is 3.06. The van der Waals surface area contributed by atoms with E-state index in [9.17, 15) is 14.0 Å². The highest BCUT2D eigenvalue weighted by atomic mass is 19.1. The maximum atomic E-state index is 13.4. The van der Waals surface area contributed by atoms with Gasteiger partial charge in [0.15, 0.2) is 0 Å². The predicted octanol–water partition coefficient (Wildman–Crippen LogP) is 2.82. The van der Waals surface area contributed by atoms with Gasteiger partial charge in [-0.15, -0.1) is 0 Å². The van der Waals surface area contributed by atoms with E-state index in [1.807, 2.05) is 12.2 Å². The summed E-state index contributed by atoms with van der Waals surface area (Å²) in [6.45, 7) is 0. The summed E-state index contributed by atoms with van der Waals surface area (Å²) in [6.07, 6.45) is 6.15. The number of hydrogen-bond donors (Lipinski definition) is 2. The van der Waals surface area contributed by atoms with Crippen molar-refractivity contribution in [1.82, 2.24) is 0 Å². The molecule has 0 aromatic heterocycles. The number of allylic oxidation sites excluding steroid dienone is 2. The number of carboxylic acid groups (broad SMARTS) is 1. The van der Waals surface area contributed by atoms with Crippen molar-refractivity contribution >= 4 is 17.6 Å². The molecule has 0 heterocycles. The number of amides is 1. The molecule has 5 heteroatoms. The van der Waals surface area contributed by atoms with Crippen molar-refractivity contribution in [3.8, 4) is 0 Å². The number of carbonyl (C=O) groups excluding carboxylic acids is 1.